The summed E-state index contributed by atoms with van der Waals surface area (Å²) in [4.78, 5) is 24.6. The average molecular weight is 1080 g/mol. The monoisotopic (exact) mass is 1080 g/mol. The number of aliphatic hydroxyl groups is 2. The van der Waals surface area contributed by atoms with Gasteiger partial charge in [-0.05, 0) is 83.5 Å². The number of esters is 1. The minimum absolute atomic E-state index is 0.00960. The second-order valence-corrected chi connectivity index (χ2v) is 23.9. The SMILES string of the molecule is CCCCCCCCC/C=C\CCCCCCCCCC(=O)OCCCCCCCCCCCCCC/C=C\CCCCCCCCCCC(=O)NC(CO)C(O)/C=C/CCCCCCCCCCCCCCCCCC. The topological polar surface area (TPSA) is 95.9 Å². The number of amides is 1. The number of aliphatic hydroxyl groups excluding tert-OH is 2. The van der Waals surface area contributed by atoms with E-state index in [-0.39, 0.29) is 18.5 Å². The number of carbonyl (C=O) groups excluding carboxylic acids is 2. The summed E-state index contributed by atoms with van der Waals surface area (Å²) in [5, 5.41) is 23.2. The van der Waals surface area contributed by atoms with E-state index in [1.54, 1.807) is 6.08 Å². The molecule has 2 atom stereocenters. The number of hydrogen-bond acceptors (Lipinski definition) is 5. The van der Waals surface area contributed by atoms with E-state index < -0.39 is 12.1 Å². The van der Waals surface area contributed by atoms with Gasteiger partial charge in [-0.1, -0.05) is 320 Å². The van der Waals surface area contributed by atoms with E-state index in [1.807, 2.05) is 6.08 Å². The lowest BCUT2D eigenvalue weighted by Gasteiger charge is -2.20. The molecule has 454 valence electrons. The maximum absolute atomic E-state index is 12.5. The summed E-state index contributed by atoms with van der Waals surface area (Å²) in [6, 6.07) is -0.632. The first-order valence-electron chi connectivity index (χ1n) is 34.8. The molecule has 0 aliphatic rings. The van der Waals surface area contributed by atoms with E-state index in [4.69, 9.17) is 4.74 Å². The highest BCUT2D eigenvalue weighted by atomic mass is 16.5. The zero-order chi connectivity index (χ0) is 55.7. The third kappa shape index (κ3) is 63.1. The van der Waals surface area contributed by atoms with Gasteiger partial charge < -0.3 is 20.3 Å². The van der Waals surface area contributed by atoms with Crippen LogP contribution in [-0.4, -0.2) is 47.4 Å². The molecule has 0 fully saturated rings. The molecule has 0 bridgehead atoms. The van der Waals surface area contributed by atoms with Gasteiger partial charge in [0, 0.05) is 12.8 Å². The van der Waals surface area contributed by atoms with E-state index in [2.05, 4.69) is 43.5 Å². The first kappa shape index (κ1) is 75.1. The number of unbranched alkanes of at least 4 members (excludes halogenated alkanes) is 50. The molecule has 0 rings (SSSR count). The van der Waals surface area contributed by atoms with Crippen molar-refractivity contribution in [1.82, 2.24) is 5.32 Å². The Kier molecular flexibility index (Phi) is 64.9. The van der Waals surface area contributed by atoms with Crippen LogP contribution in [0.3, 0.4) is 0 Å². The van der Waals surface area contributed by atoms with Crippen molar-refractivity contribution in [1.29, 1.82) is 0 Å². The lowest BCUT2D eigenvalue weighted by Crippen LogP contribution is -2.45. The molecule has 0 aliphatic carbocycles. The van der Waals surface area contributed by atoms with Crippen LogP contribution < -0.4 is 5.32 Å². The fraction of sp³-hybridized carbons (Fsp3) is 0.887. The molecule has 0 heterocycles. The number of carbonyl (C=O) groups is 2. The summed E-state index contributed by atoms with van der Waals surface area (Å²) < 4.78 is 5.50. The largest absolute Gasteiger partial charge is 0.466 e. The Morgan fingerprint density at radius 3 is 0.922 bits per heavy atom. The summed E-state index contributed by atoms with van der Waals surface area (Å²) >= 11 is 0. The van der Waals surface area contributed by atoms with Gasteiger partial charge in [0.05, 0.1) is 25.4 Å². The van der Waals surface area contributed by atoms with Crippen LogP contribution in [0.25, 0.3) is 0 Å². The van der Waals surface area contributed by atoms with E-state index in [9.17, 15) is 19.8 Å². The van der Waals surface area contributed by atoms with Crippen LogP contribution in [0.15, 0.2) is 36.5 Å². The van der Waals surface area contributed by atoms with Gasteiger partial charge in [0.15, 0.2) is 0 Å². The molecule has 0 radical (unpaired) electrons. The zero-order valence-electron chi connectivity index (χ0n) is 52.0. The highest BCUT2D eigenvalue weighted by molar-refractivity contribution is 5.76. The highest BCUT2D eigenvalue weighted by Gasteiger charge is 2.18. The van der Waals surface area contributed by atoms with Crippen LogP contribution in [-0.2, 0) is 14.3 Å². The van der Waals surface area contributed by atoms with Crippen molar-refractivity contribution in [2.75, 3.05) is 13.2 Å². The Bertz CT molecular complexity index is 1250. The Morgan fingerprint density at radius 2 is 0.610 bits per heavy atom. The van der Waals surface area contributed by atoms with Crippen molar-refractivity contribution < 1.29 is 24.5 Å². The molecule has 1 amide bonds. The van der Waals surface area contributed by atoms with Crippen LogP contribution in [0.2, 0.25) is 0 Å². The molecular weight excluding hydrogens is 947 g/mol. The summed E-state index contributed by atoms with van der Waals surface area (Å²) in [6.07, 6.45) is 85.0. The Morgan fingerprint density at radius 1 is 0.351 bits per heavy atom. The Balaban J connectivity index is 3.42. The number of nitrogens with one attached hydrogen (secondary N) is 1. The molecular formula is C71H135NO5. The second-order valence-electron chi connectivity index (χ2n) is 23.9. The summed E-state index contributed by atoms with van der Waals surface area (Å²) in [7, 11) is 0. The van der Waals surface area contributed by atoms with Crippen LogP contribution >= 0.6 is 0 Å². The average Bonchev–Trinajstić information content (AvgIpc) is 3.43. The predicted octanol–water partition coefficient (Wildman–Crippen LogP) is 22.3. The molecule has 0 aromatic heterocycles. The number of allylic oxidation sites excluding steroid dienone is 5. The molecule has 77 heavy (non-hydrogen) atoms. The maximum atomic E-state index is 12.5. The normalized spacial score (nSPS) is 12.7. The third-order valence-corrected chi connectivity index (χ3v) is 16.1. The molecule has 6 heteroatoms. The fourth-order valence-electron chi connectivity index (χ4n) is 10.8. The molecule has 2 unspecified atom stereocenters. The van der Waals surface area contributed by atoms with Gasteiger partial charge in [0.1, 0.15) is 0 Å². The zero-order valence-corrected chi connectivity index (χ0v) is 52.0. The summed E-state index contributed by atoms with van der Waals surface area (Å²) in [6.45, 7) is 4.93. The molecule has 0 spiro atoms. The van der Waals surface area contributed by atoms with Gasteiger partial charge in [0.25, 0.3) is 0 Å². The summed E-state index contributed by atoms with van der Waals surface area (Å²) in [5.41, 5.74) is 0. The van der Waals surface area contributed by atoms with Crippen LogP contribution in [0.5, 0.6) is 0 Å². The van der Waals surface area contributed by atoms with Crippen molar-refractivity contribution in [2.24, 2.45) is 0 Å². The van der Waals surface area contributed by atoms with Crippen molar-refractivity contribution in [3.63, 3.8) is 0 Å². The van der Waals surface area contributed by atoms with E-state index in [0.717, 1.165) is 44.9 Å². The van der Waals surface area contributed by atoms with Gasteiger partial charge in [-0.2, -0.15) is 0 Å². The van der Waals surface area contributed by atoms with E-state index in [1.165, 1.54) is 308 Å². The minimum Gasteiger partial charge on any atom is -0.466 e. The molecule has 0 saturated carbocycles. The third-order valence-electron chi connectivity index (χ3n) is 16.1. The first-order chi connectivity index (χ1) is 38.0. The minimum atomic E-state index is -0.848. The smallest absolute Gasteiger partial charge is 0.305 e. The van der Waals surface area contributed by atoms with Gasteiger partial charge in [-0.3, -0.25) is 9.59 Å². The van der Waals surface area contributed by atoms with Gasteiger partial charge in [-0.25, -0.2) is 0 Å². The highest BCUT2D eigenvalue weighted by Crippen LogP contribution is 2.18. The Labute approximate surface area is 481 Å². The molecule has 0 saturated heterocycles. The van der Waals surface area contributed by atoms with Gasteiger partial charge >= 0.3 is 5.97 Å². The fourth-order valence-corrected chi connectivity index (χ4v) is 10.8. The maximum Gasteiger partial charge on any atom is 0.305 e. The molecule has 0 aliphatic heterocycles. The van der Waals surface area contributed by atoms with Crippen molar-refractivity contribution >= 4 is 11.9 Å². The standard InChI is InChI=1S/C71H135NO5/c1-3-5-7-9-11-13-15-17-19-21-31-35-39-43-47-51-55-59-63-69(74)68(67-73)72-70(75)64-60-56-52-48-44-40-36-32-29-27-25-23-24-26-28-30-34-38-42-46-50-54-58-62-66-77-71(76)65-61-57-53-49-45-41-37-33-22-20-18-16-14-12-10-8-6-4-2/h20,22,25,27,59,63,68-69,73-74H,3-19,21,23-24,26,28-58,60-62,64-67H2,1-2H3,(H,72,75)/b22-20-,27-25-,63-59+. The quantitative estimate of drug-likeness (QED) is 0.0320. The molecule has 6 nitrogen and oxygen atoms in total. The Hall–Kier alpha value is -1.92. The number of ether oxygens (including phenoxy) is 1. The number of hydrogen-bond donors (Lipinski definition) is 3. The molecule has 0 aromatic rings. The molecule has 3 N–H and O–H groups in total. The van der Waals surface area contributed by atoms with Gasteiger partial charge in [-0.15, -0.1) is 0 Å². The van der Waals surface area contributed by atoms with E-state index >= 15 is 0 Å². The summed E-state index contributed by atoms with van der Waals surface area (Å²) in [5.74, 6) is -0.0603. The predicted molar refractivity (Wildman–Crippen MR) is 338 cm³/mol. The lowest BCUT2D eigenvalue weighted by molar-refractivity contribution is -0.143. The van der Waals surface area contributed by atoms with Crippen LogP contribution in [0.4, 0.5) is 0 Å². The number of rotatable bonds is 65. The van der Waals surface area contributed by atoms with Gasteiger partial charge in [0.2, 0.25) is 5.91 Å². The lowest BCUT2D eigenvalue weighted by atomic mass is 10.0. The van der Waals surface area contributed by atoms with Crippen molar-refractivity contribution in [3.8, 4) is 0 Å². The van der Waals surface area contributed by atoms with Crippen molar-refractivity contribution in [2.45, 2.75) is 392 Å². The van der Waals surface area contributed by atoms with Crippen molar-refractivity contribution in [3.05, 3.63) is 36.5 Å². The van der Waals surface area contributed by atoms with Crippen LogP contribution in [0.1, 0.15) is 380 Å². The van der Waals surface area contributed by atoms with E-state index in [0.29, 0.717) is 19.4 Å². The first-order valence-corrected chi connectivity index (χ1v) is 34.8. The molecule has 0 aromatic carbocycles. The second kappa shape index (κ2) is 66.6. The van der Waals surface area contributed by atoms with Crippen LogP contribution in [0, 0.1) is 0 Å².